The predicted molar refractivity (Wildman–Crippen MR) is 136 cm³/mol. The third-order valence-electron chi connectivity index (χ3n) is 6.78. The molecule has 2 aromatic carbocycles. The fourth-order valence-corrected chi connectivity index (χ4v) is 5.63. The number of amides is 2. The van der Waals surface area contributed by atoms with Crippen LogP contribution < -0.4 is 4.72 Å². The largest absolute Gasteiger partial charge is 0.342 e. The molecule has 35 heavy (non-hydrogen) atoms. The Hall–Kier alpha value is -2.91. The smallest absolute Gasteiger partial charge is 0.261 e. The van der Waals surface area contributed by atoms with Crippen molar-refractivity contribution < 1.29 is 18.0 Å². The number of anilines is 1. The lowest BCUT2D eigenvalue weighted by Crippen LogP contribution is -2.52. The van der Waals surface area contributed by atoms with Crippen LogP contribution in [0.1, 0.15) is 40.7 Å². The number of sulfonamides is 1. The van der Waals surface area contributed by atoms with E-state index in [1.54, 1.807) is 23.1 Å². The molecule has 0 atom stereocenters. The molecule has 2 fully saturated rings. The zero-order valence-electron chi connectivity index (χ0n) is 20.5. The van der Waals surface area contributed by atoms with Gasteiger partial charge in [-0.05, 0) is 62.9 Å². The third-order valence-corrected chi connectivity index (χ3v) is 8.16. The van der Waals surface area contributed by atoms with Crippen molar-refractivity contribution in [2.24, 2.45) is 0 Å². The monoisotopic (exact) mass is 498 g/mol. The van der Waals surface area contributed by atoms with Crippen LogP contribution in [0.3, 0.4) is 0 Å². The zero-order chi connectivity index (χ0) is 25.0. The van der Waals surface area contributed by atoms with Crippen LogP contribution in [0.5, 0.6) is 0 Å². The molecule has 0 aromatic heterocycles. The van der Waals surface area contributed by atoms with Crippen LogP contribution in [0.15, 0.2) is 47.4 Å². The van der Waals surface area contributed by atoms with E-state index >= 15 is 0 Å². The molecule has 0 saturated carbocycles. The van der Waals surface area contributed by atoms with E-state index in [1.807, 2.05) is 30.9 Å². The van der Waals surface area contributed by atoms with Crippen LogP contribution in [0, 0.1) is 13.8 Å². The fraction of sp³-hybridized carbons (Fsp3) is 0.462. The lowest BCUT2D eigenvalue weighted by Gasteiger charge is -2.36. The molecule has 2 aromatic rings. The highest BCUT2D eigenvalue weighted by Gasteiger charge is 2.27. The van der Waals surface area contributed by atoms with Crippen molar-refractivity contribution in [1.29, 1.82) is 0 Å². The van der Waals surface area contributed by atoms with E-state index in [0.29, 0.717) is 44.0 Å². The van der Waals surface area contributed by atoms with Crippen LogP contribution in [0.4, 0.5) is 5.69 Å². The van der Waals surface area contributed by atoms with Crippen molar-refractivity contribution in [2.75, 3.05) is 50.5 Å². The standard InChI is InChI=1S/C26H34N4O4S/c1-20-6-9-22(10-7-20)27-35(33,34)23-11-8-21(2)24(18-23)26(32)30-16-14-28(15-17-30)19-25(31)29-12-4-3-5-13-29/h6-11,18,27H,3-5,12-17,19H2,1-2H3. The summed E-state index contributed by atoms with van der Waals surface area (Å²) in [6.45, 7) is 8.07. The molecule has 2 heterocycles. The Morgan fingerprint density at radius 2 is 1.49 bits per heavy atom. The van der Waals surface area contributed by atoms with Crippen LogP contribution in [-0.2, 0) is 14.8 Å². The van der Waals surface area contributed by atoms with E-state index in [9.17, 15) is 18.0 Å². The summed E-state index contributed by atoms with van der Waals surface area (Å²) < 4.78 is 28.5. The number of piperidine rings is 1. The van der Waals surface area contributed by atoms with Crippen molar-refractivity contribution in [3.8, 4) is 0 Å². The van der Waals surface area contributed by atoms with Gasteiger partial charge in [-0.25, -0.2) is 8.42 Å². The molecule has 2 amide bonds. The Bertz CT molecular complexity index is 1170. The third kappa shape index (κ3) is 6.21. The highest BCUT2D eigenvalue weighted by molar-refractivity contribution is 7.92. The molecule has 0 aliphatic carbocycles. The average molecular weight is 499 g/mol. The molecule has 188 valence electrons. The second-order valence-electron chi connectivity index (χ2n) is 9.46. The summed E-state index contributed by atoms with van der Waals surface area (Å²) in [5.74, 6) is -0.0174. The number of nitrogens with zero attached hydrogens (tertiary/aromatic N) is 3. The molecule has 4 rings (SSSR count). The summed E-state index contributed by atoms with van der Waals surface area (Å²) in [4.78, 5) is 31.7. The maximum atomic E-state index is 13.3. The number of nitrogens with one attached hydrogen (secondary N) is 1. The zero-order valence-corrected chi connectivity index (χ0v) is 21.3. The SMILES string of the molecule is Cc1ccc(NS(=O)(=O)c2ccc(C)c(C(=O)N3CCN(CC(=O)N4CCCCC4)CC3)c2)cc1. The van der Waals surface area contributed by atoms with Crippen LogP contribution in [0.25, 0.3) is 0 Å². The molecule has 8 nitrogen and oxygen atoms in total. The van der Waals surface area contributed by atoms with E-state index in [1.165, 1.54) is 18.6 Å². The van der Waals surface area contributed by atoms with Gasteiger partial charge in [0.2, 0.25) is 5.91 Å². The average Bonchev–Trinajstić information content (AvgIpc) is 2.86. The summed E-state index contributed by atoms with van der Waals surface area (Å²) in [5, 5.41) is 0. The number of benzene rings is 2. The molecular formula is C26H34N4O4S. The first-order valence-corrected chi connectivity index (χ1v) is 13.7. The van der Waals surface area contributed by atoms with Gasteiger partial charge < -0.3 is 9.80 Å². The second-order valence-corrected chi connectivity index (χ2v) is 11.1. The van der Waals surface area contributed by atoms with Gasteiger partial charge in [-0.3, -0.25) is 19.2 Å². The maximum Gasteiger partial charge on any atom is 0.261 e. The summed E-state index contributed by atoms with van der Waals surface area (Å²) in [7, 11) is -3.83. The Balaban J connectivity index is 1.39. The van der Waals surface area contributed by atoms with Crippen LogP contribution >= 0.6 is 0 Å². The molecule has 1 N–H and O–H groups in total. The Morgan fingerprint density at radius 3 is 2.14 bits per heavy atom. The minimum atomic E-state index is -3.83. The summed E-state index contributed by atoms with van der Waals surface area (Å²) in [6, 6.07) is 11.7. The van der Waals surface area contributed by atoms with Crippen molar-refractivity contribution in [2.45, 2.75) is 38.0 Å². The Kier molecular flexibility index (Phi) is 7.76. The van der Waals surface area contributed by atoms with Crippen LogP contribution in [0.2, 0.25) is 0 Å². The van der Waals surface area contributed by atoms with Crippen molar-refractivity contribution >= 4 is 27.5 Å². The minimum absolute atomic E-state index is 0.0535. The van der Waals surface area contributed by atoms with E-state index in [-0.39, 0.29) is 16.7 Å². The van der Waals surface area contributed by atoms with Gasteiger partial charge in [0, 0.05) is 50.5 Å². The summed E-state index contributed by atoms with van der Waals surface area (Å²) in [6.07, 6.45) is 3.33. The highest BCUT2D eigenvalue weighted by Crippen LogP contribution is 2.21. The lowest BCUT2D eigenvalue weighted by molar-refractivity contribution is -0.133. The molecular weight excluding hydrogens is 464 g/mol. The van der Waals surface area contributed by atoms with Crippen molar-refractivity contribution in [1.82, 2.24) is 14.7 Å². The molecule has 0 radical (unpaired) electrons. The normalized spacial score (nSPS) is 17.3. The number of carbonyl (C=O) groups excluding carboxylic acids is 2. The van der Waals surface area contributed by atoms with Gasteiger partial charge in [-0.2, -0.15) is 0 Å². The van der Waals surface area contributed by atoms with E-state index < -0.39 is 10.0 Å². The quantitative estimate of drug-likeness (QED) is 0.662. The molecule has 2 aliphatic heterocycles. The van der Waals surface area contributed by atoms with Gasteiger partial charge in [0.1, 0.15) is 0 Å². The van der Waals surface area contributed by atoms with E-state index in [2.05, 4.69) is 9.62 Å². The Morgan fingerprint density at radius 1 is 0.829 bits per heavy atom. The van der Waals surface area contributed by atoms with Gasteiger partial charge >= 0.3 is 0 Å². The number of hydrogen-bond acceptors (Lipinski definition) is 5. The lowest BCUT2D eigenvalue weighted by atomic mass is 10.1. The minimum Gasteiger partial charge on any atom is -0.342 e. The number of rotatable bonds is 6. The summed E-state index contributed by atoms with van der Waals surface area (Å²) in [5.41, 5.74) is 2.62. The van der Waals surface area contributed by atoms with Crippen molar-refractivity contribution in [3.63, 3.8) is 0 Å². The highest BCUT2D eigenvalue weighted by atomic mass is 32.2. The molecule has 0 unspecified atom stereocenters. The van der Waals surface area contributed by atoms with Gasteiger partial charge in [0.25, 0.3) is 15.9 Å². The van der Waals surface area contributed by atoms with Gasteiger partial charge in [-0.1, -0.05) is 23.8 Å². The Labute approximate surface area is 207 Å². The molecule has 9 heteroatoms. The van der Waals surface area contributed by atoms with Gasteiger partial charge in [0.15, 0.2) is 0 Å². The number of carbonyl (C=O) groups is 2. The first-order chi connectivity index (χ1) is 16.7. The first-order valence-electron chi connectivity index (χ1n) is 12.2. The van der Waals surface area contributed by atoms with Crippen molar-refractivity contribution in [3.05, 3.63) is 59.2 Å². The number of likely N-dealkylation sites (tertiary alicyclic amines) is 1. The van der Waals surface area contributed by atoms with Crippen LogP contribution in [-0.4, -0.2) is 80.7 Å². The molecule has 0 bridgehead atoms. The summed E-state index contributed by atoms with van der Waals surface area (Å²) >= 11 is 0. The first kappa shape index (κ1) is 25.2. The second kappa shape index (κ2) is 10.8. The number of hydrogen-bond donors (Lipinski definition) is 1. The number of aryl methyl sites for hydroxylation is 2. The maximum absolute atomic E-state index is 13.3. The molecule has 0 spiro atoms. The predicted octanol–water partition coefficient (Wildman–Crippen LogP) is 2.87. The van der Waals surface area contributed by atoms with Gasteiger partial charge in [-0.15, -0.1) is 0 Å². The topological polar surface area (TPSA) is 90.0 Å². The number of piperazine rings is 1. The fourth-order valence-electron chi connectivity index (χ4n) is 4.55. The van der Waals surface area contributed by atoms with Gasteiger partial charge in [0.05, 0.1) is 11.4 Å². The van der Waals surface area contributed by atoms with E-state index in [4.69, 9.17) is 0 Å². The molecule has 2 saturated heterocycles. The van der Waals surface area contributed by atoms with E-state index in [0.717, 1.165) is 37.1 Å². The molecule has 2 aliphatic rings.